The third kappa shape index (κ3) is 5.49. The number of halogens is 3. The van der Waals surface area contributed by atoms with Gasteiger partial charge in [-0.05, 0) is 36.1 Å². The van der Waals surface area contributed by atoms with Crippen molar-refractivity contribution in [3.63, 3.8) is 0 Å². The lowest BCUT2D eigenvalue weighted by Gasteiger charge is -2.41. The second kappa shape index (κ2) is 11.2. The molecule has 1 N–H and O–H groups in total. The van der Waals surface area contributed by atoms with Crippen LogP contribution in [-0.4, -0.2) is 40.6 Å². The van der Waals surface area contributed by atoms with E-state index in [1.54, 1.807) is 31.3 Å². The van der Waals surface area contributed by atoms with E-state index in [2.05, 4.69) is 24.5 Å². The number of benzene rings is 2. The molecule has 3 aromatic rings. The summed E-state index contributed by atoms with van der Waals surface area (Å²) in [7, 11) is 1.65. The SMILES string of the molecule is CCc1nc(Cl)c2n1CCN([C@@H](C(=O)NC)c1ccccc1)C2CCc1ccc(OC(F)F)cc1. The number of rotatable bonds is 9. The number of aryl methyl sites for hydroxylation is 2. The molecule has 186 valence electrons. The van der Waals surface area contributed by atoms with Crippen LogP contribution in [-0.2, 0) is 24.2 Å². The van der Waals surface area contributed by atoms with E-state index in [1.807, 2.05) is 37.3 Å². The lowest BCUT2D eigenvalue weighted by molar-refractivity contribution is -0.128. The van der Waals surface area contributed by atoms with Gasteiger partial charge in [0.1, 0.15) is 17.6 Å². The van der Waals surface area contributed by atoms with Crippen molar-refractivity contribution in [1.29, 1.82) is 0 Å². The van der Waals surface area contributed by atoms with Crippen molar-refractivity contribution in [2.75, 3.05) is 13.6 Å². The summed E-state index contributed by atoms with van der Waals surface area (Å²) in [6.07, 6.45) is 2.09. The van der Waals surface area contributed by atoms with Gasteiger partial charge < -0.3 is 14.6 Å². The first kappa shape index (κ1) is 25.1. The van der Waals surface area contributed by atoms with Gasteiger partial charge in [-0.3, -0.25) is 9.69 Å². The molecule has 0 bridgehead atoms. The molecule has 6 nitrogen and oxygen atoms in total. The number of ether oxygens (including phenoxy) is 1. The third-order valence-electron chi connectivity index (χ3n) is 6.45. The summed E-state index contributed by atoms with van der Waals surface area (Å²) in [6.45, 7) is 0.542. The Labute approximate surface area is 208 Å². The van der Waals surface area contributed by atoms with Crippen molar-refractivity contribution in [2.45, 2.75) is 51.4 Å². The number of carbonyl (C=O) groups excluding carboxylic acids is 1. The molecular formula is C26H29ClF2N4O2. The lowest BCUT2D eigenvalue weighted by Crippen LogP contribution is -2.46. The summed E-state index contributed by atoms with van der Waals surface area (Å²) in [4.78, 5) is 19.9. The Kier molecular flexibility index (Phi) is 8.03. The summed E-state index contributed by atoms with van der Waals surface area (Å²) >= 11 is 6.67. The number of hydrogen-bond donors (Lipinski definition) is 1. The van der Waals surface area contributed by atoms with E-state index in [1.165, 1.54) is 0 Å². The van der Waals surface area contributed by atoms with E-state index in [-0.39, 0.29) is 17.7 Å². The number of fused-ring (bicyclic) bond motifs is 1. The van der Waals surface area contributed by atoms with Crippen molar-refractivity contribution >= 4 is 17.5 Å². The van der Waals surface area contributed by atoms with Crippen LogP contribution in [0.2, 0.25) is 5.15 Å². The van der Waals surface area contributed by atoms with Crippen LogP contribution in [0.1, 0.15) is 48.1 Å². The molecule has 1 aliphatic heterocycles. The molecule has 2 heterocycles. The smallest absolute Gasteiger partial charge is 0.387 e. The Hall–Kier alpha value is -2.97. The molecule has 1 amide bonds. The van der Waals surface area contributed by atoms with Gasteiger partial charge in [-0.2, -0.15) is 8.78 Å². The van der Waals surface area contributed by atoms with E-state index in [0.717, 1.165) is 29.1 Å². The molecule has 0 aliphatic carbocycles. The molecule has 4 rings (SSSR count). The van der Waals surface area contributed by atoms with Gasteiger partial charge in [0.05, 0.1) is 11.7 Å². The van der Waals surface area contributed by atoms with Crippen LogP contribution in [0.25, 0.3) is 0 Å². The highest BCUT2D eigenvalue weighted by Crippen LogP contribution is 2.40. The van der Waals surface area contributed by atoms with Crippen LogP contribution in [0.4, 0.5) is 8.78 Å². The highest BCUT2D eigenvalue weighted by Gasteiger charge is 2.39. The molecule has 9 heteroatoms. The standard InChI is InChI=1S/C26H29ClF2N4O2/c1-3-21-31-24(27)23-20(14-11-17-9-12-19(13-10-17)35-26(28)29)32(15-16-33(21)23)22(25(34)30-2)18-7-5-4-6-8-18/h4-10,12-13,20,22,26H,3,11,14-16H2,1-2H3,(H,30,34)/t20?,22-/m1/s1. The molecule has 0 saturated heterocycles. The van der Waals surface area contributed by atoms with Crippen LogP contribution in [0.15, 0.2) is 54.6 Å². The first-order valence-corrected chi connectivity index (χ1v) is 12.1. The Bertz CT molecular complexity index is 1140. The highest BCUT2D eigenvalue weighted by molar-refractivity contribution is 6.30. The summed E-state index contributed by atoms with van der Waals surface area (Å²) in [6, 6.07) is 15.7. The fourth-order valence-corrected chi connectivity index (χ4v) is 5.19. The number of nitrogens with zero attached hydrogens (tertiary/aromatic N) is 3. The summed E-state index contributed by atoms with van der Waals surface area (Å²) in [5.74, 6) is 0.967. The first-order chi connectivity index (χ1) is 16.9. The number of nitrogens with one attached hydrogen (secondary N) is 1. The van der Waals surface area contributed by atoms with Crippen molar-refractivity contribution in [1.82, 2.24) is 19.8 Å². The van der Waals surface area contributed by atoms with Crippen LogP contribution in [0.3, 0.4) is 0 Å². The molecule has 1 unspecified atom stereocenters. The molecule has 0 spiro atoms. The van der Waals surface area contributed by atoms with E-state index >= 15 is 0 Å². The minimum atomic E-state index is -2.86. The molecule has 1 aliphatic rings. The van der Waals surface area contributed by atoms with Gasteiger partial charge >= 0.3 is 6.61 Å². The first-order valence-electron chi connectivity index (χ1n) is 11.7. The maximum Gasteiger partial charge on any atom is 0.387 e. The van der Waals surface area contributed by atoms with Crippen molar-refractivity contribution in [3.05, 3.63) is 82.4 Å². The summed E-state index contributed by atoms with van der Waals surface area (Å²) < 4.78 is 31.6. The largest absolute Gasteiger partial charge is 0.435 e. The Morgan fingerprint density at radius 1 is 1.17 bits per heavy atom. The predicted molar refractivity (Wildman–Crippen MR) is 131 cm³/mol. The number of amides is 1. The fourth-order valence-electron chi connectivity index (χ4n) is 4.86. The number of alkyl halides is 2. The molecule has 0 fully saturated rings. The topological polar surface area (TPSA) is 59.4 Å². The Balaban J connectivity index is 1.67. The second-order valence-corrected chi connectivity index (χ2v) is 8.81. The van der Waals surface area contributed by atoms with Crippen molar-refractivity contribution < 1.29 is 18.3 Å². The maximum atomic E-state index is 13.1. The van der Waals surface area contributed by atoms with Gasteiger partial charge in [-0.15, -0.1) is 0 Å². The quantitative estimate of drug-likeness (QED) is 0.438. The van der Waals surface area contributed by atoms with Gasteiger partial charge in [0.2, 0.25) is 5.91 Å². The molecule has 2 aromatic carbocycles. The summed E-state index contributed by atoms with van der Waals surface area (Å²) in [5.41, 5.74) is 2.80. The molecule has 0 radical (unpaired) electrons. The molecule has 2 atom stereocenters. The third-order valence-corrected chi connectivity index (χ3v) is 6.73. The second-order valence-electron chi connectivity index (χ2n) is 8.45. The van der Waals surface area contributed by atoms with Crippen LogP contribution >= 0.6 is 11.6 Å². The number of likely N-dealkylation sites (N-methyl/N-ethyl adjacent to an activating group) is 1. The van der Waals surface area contributed by atoms with Gasteiger partial charge in [0.15, 0.2) is 5.15 Å². The maximum absolute atomic E-state index is 13.1. The van der Waals surface area contributed by atoms with E-state index in [9.17, 15) is 13.6 Å². The molecule has 1 aromatic heterocycles. The average molecular weight is 503 g/mol. The number of aromatic nitrogens is 2. The zero-order chi connectivity index (χ0) is 24.9. The molecule has 35 heavy (non-hydrogen) atoms. The van der Waals surface area contributed by atoms with E-state index in [4.69, 9.17) is 11.6 Å². The molecular weight excluding hydrogens is 474 g/mol. The Morgan fingerprint density at radius 3 is 2.51 bits per heavy atom. The minimum absolute atomic E-state index is 0.0884. The Morgan fingerprint density at radius 2 is 1.89 bits per heavy atom. The minimum Gasteiger partial charge on any atom is -0.435 e. The van der Waals surface area contributed by atoms with E-state index in [0.29, 0.717) is 31.1 Å². The van der Waals surface area contributed by atoms with Crippen LogP contribution in [0, 0.1) is 0 Å². The number of carbonyl (C=O) groups is 1. The van der Waals surface area contributed by atoms with Gasteiger partial charge in [-0.1, -0.05) is 61.0 Å². The number of hydrogen-bond acceptors (Lipinski definition) is 4. The van der Waals surface area contributed by atoms with Crippen molar-refractivity contribution in [2.24, 2.45) is 0 Å². The predicted octanol–water partition coefficient (Wildman–Crippen LogP) is 5.18. The highest BCUT2D eigenvalue weighted by atomic mass is 35.5. The van der Waals surface area contributed by atoms with Crippen molar-refractivity contribution in [3.8, 4) is 5.75 Å². The van der Waals surface area contributed by atoms with E-state index < -0.39 is 12.7 Å². The van der Waals surface area contributed by atoms with Crippen LogP contribution < -0.4 is 10.1 Å². The molecule has 0 saturated carbocycles. The average Bonchev–Trinajstić information content (AvgIpc) is 3.20. The van der Waals surface area contributed by atoms with Crippen LogP contribution in [0.5, 0.6) is 5.75 Å². The normalized spacial score (nSPS) is 16.7. The van der Waals surface area contributed by atoms with Gasteiger partial charge in [-0.25, -0.2) is 4.98 Å². The van der Waals surface area contributed by atoms with Gasteiger partial charge in [0.25, 0.3) is 0 Å². The fraction of sp³-hybridized carbons (Fsp3) is 0.385. The zero-order valence-electron chi connectivity index (χ0n) is 19.8. The number of imidazole rings is 1. The summed E-state index contributed by atoms with van der Waals surface area (Å²) in [5, 5.41) is 3.28. The lowest BCUT2D eigenvalue weighted by atomic mass is 9.95. The monoisotopic (exact) mass is 502 g/mol. The zero-order valence-corrected chi connectivity index (χ0v) is 20.5. The van der Waals surface area contributed by atoms with Gasteiger partial charge in [0, 0.05) is 26.6 Å².